The summed E-state index contributed by atoms with van der Waals surface area (Å²) >= 11 is 0. The van der Waals surface area contributed by atoms with Gasteiger partial charge in [-0.2, -0.15) is 5.26 Å². The summed E-state index contributed by atoms with van der Waals surface area (Å²) in [6.07, 6.45) is 0.447. The molecular weight excluding hydrogens is 292 g/mol. The third kappa shape index (κ3) is 4.70. The minimum absolute atomic E-state index is 0.303. The molecule has 1 atom stereocenters. The predicted molar refractivity (Wildman–Crippen MR) is 86.8 cm³/mol. The highest BCUT2D eigenvalue weighted by molar-refractivity contribution is 5.68. The summed E-state index contributed by atoms with van der Waals surface area (Å²) in [4.78, 5) is 13.8. The monoisotopic (exact) mass is 316 g/mol. The van der Waals surface area contributed by atoms with Crippen molar-refractivity contribution in [3.63, 3.8) is 0 Å². The average molecular weight is 316 g/mol. The van der Waals surface area contributed by atoms with Crippen LogP contribution in [0.4, 0.5) is 4.79 Å². The standard InChI is InChI=1S/C18H24N2O3/c1-17(2,3)23-16(21)20-10-9-18(4,13-20)22-12-15-8-6-5-7-14(15)11-19/h5-8H,9-10,12-13H2,1-4H3. The summed E-state index contributed by atoms with van der Waals surface area (Å²) in [7, 11) is 0. The first-order valence-corrected chi connectivity index (χ1v) is 7.82. The summed E-state index contributed by atoms with van der Waals surface area (Å²) in [5.74, 6) is 0. The van der Waals surface area contributed by atoms with Gasteiger partial charge in [-0.05, 0) is 45.7 Å². The van der Waals surface area contributed by atoms with E-state index in [1.54, 1.807) is 11.0 Å². The van der Waals surface area contributed by atoms with Crippen LogP contribution in [-0.4, -0.2) is 35.3 Å². The Labute approximate surface area is 137 Å². The molecule has 0 spiro atoms. The number of carbonyl (C=O) groups is 1. The highest BCUT2D eigenvalue weighted by Gasteiger charge is 2.38. The highest BCUT2D eigenvalue weighted by atomic mass is 16.6. The van der Waals surface area contributed by atoms with Gasteiger partial charge < -0.3 is 14.4 Å². The van der Waals surface area contributed by atoms with Gasteiger partial charge in [-0.1, -0.05) is 18.2 Å². The van der Waals surface area contributed by atoms with Crippen LogP contribution >= 0.6 is 0 Å². The number of hydrogen-bond acceptors (Lipinski definition) is 4. The van der Waals surface area contributed by atoms with Crippen molar-refractivity contribution in [1.29, 1.82) is 5.26 Å². The van der Waals surface area contributed by atoms with Crippen LogP contribution in [0.2, 0.25) is 0 Å². The SMILES string of the molecule is CC(C)(C)OC(=O)N1CCC(C)(OCc2ccccc2C#N)C1. The molecule has 1 aliphatic heterocycles. The minimum Gasteiger partial charge on any atom is -0.444 e. The minimum atomic E-state index is -0.497. The first-order valence-electron chi connectivity index (χ1n) is 7.82. The average Bonchev–Trinajstić information content (AvgIpc) is 2.87. The quantitative estimate of drug-likeness (QED) is 0.856. The number of hydrogen-bond donors (Lipinski definition) is 0. The van der Waals surface area contributed by atoms with Gasteiger partial charge in [0.05, 0.1) is 30.4 Å². The normalized spacial score (nSPS) is 21.1. The van der Waals surface area contributed by atoms with Crippen molar-refractivity contribution in [2.45, 2.75) is 51.9 Å². The van der Waals surface area contributed by atoms with E-state index >= 15 is 0 Å². The summed E-state index contributed by atoms with van der Waals surface area (Å²) in [6, 6.07) is 9.57. The molecular formula is C18H24N2O3. The molecule has 124 valence electrons. The fraction of sp³-hybridized carbons (Fsp3) is 0.556. The fourth-order valence-electron chi connectivity index (χ4n) is 2.54. The first kappa shape index (κ1) is 17.3. The van der Waals surface area contributed by atoms with Crippen molar-refractivity contribution in [3.8, 4) is 6.07 Å². The van der Waals surface area contributed by atoms with E-state index < -0.39 is 11.2 Å². The number of likely N-dealkylation sites (tertiary alicyclic amines) is 1. The molecule has 1 aromatic rings. The molecule has 0 aromatic heterocycles. The number of amides is 1. The van der Waals surface area contributed by atoms with Gasteiger partial charge in [0.1, 0.15) is 5.60 Å². The van der Waals surface area contributed by atoms with E-state index in [-0.39, 0.29) is 6.09 Å². The molecule has 1 amide bonds. The van der Waals surface area contributed by atoms with Crippen LogP contribution in [0.3, 0.4) is 0 Å². The predicted octanol–water partition coefficient (Wildman–Crippen LogP) is 3.47. The topological polar surface area (TPSA) is 62.6 Å². The highest BCUT2D eigenvalue weighted by Crippen LogP contribution is 2.28. The van der Waals surface area contributed by atoms with Crippen molar-refractivity contribution in [2.24, 2.45) is 0 Å². The van der Waals surface area contributed by atoms with E-state index in [0.717, 1.165) is 12.0 Å². The van der Waals surface area contributed by atoms with Gasteiger partial charge in [0.15, 0.2) is 0 Å². The molecule has 1 heterocycles. The maximum Gasteiger partial charge on any atom is 0.410 e. The lowest BCUT2D eigenvalue weighted by Gasteiger charge is -2.27. The van der Waals surface area contributed by atoms with Crippen LogP contribution in [0.5, 0.6) is 0 Å². The van der Waals surface area contributed by atoms with E-state index in [4.69, 9.17) is 14.7 Å². The number of nitrogens with zero attached hydrogens (tertiary/aromatic N) is 2. The van der Waals surface area contributed by atoms with Gasteiger partial charge in [0.2, 0.25) is 0 Å². The molecule has 0 saturated carbocycles. The molecule has 0 bridgehead atoms. The zero-order valence-electron chi connectivity index (χ0n) is 14.3. The summed E-state index contributed by atoms with van der Waals surface area (Å²) in [5, 5.41) is 9.12. The van der Waals surface area contributed by atoms with Crippen molar-refractivity contribution in [2.75, 3.05) is 13.1 Å². The fourth-order valence-corrected chi connectivity index (χ4v) is 2.54. The zero-order chi connectivity index (χ0) is 17.1. The molecule has 0 radical (unpaired) electrons. The third-order valence-electron chi connectivity index (χ3n) is 3.80. The van der Waals surface area contributed by atoms with Crippen molar-refractivity contribution < 1.29 is 14.3 Å². The third-order valence-corrected chi connectivity index (χ3v) is 3.80. The molecule has 1 unspecified atom stereocenters. The number of carbonyl (C=O) groups excluding carboxylic acids is 1. The van der Waals surface area contributed by atoms with E-state index in [1.165, 1.54) is 0 Å². The molecule has 1 fully saturated rings. The summed E-state index contributed by atoms with van der Waals surface area (Å²) < 4.78 is 11.4. The Bertz CT molecular complexity index is 615. The lowest BCUT2D eigenvalue weighted by atomic mass is 10.1. The van der Waals surface area contributed by atoms with Gasteiger partial charge in [-0.15, -0.1) is 0 Å². The van der Waals surface area contributed by atoms with Gasteiger partial charge in [0.25, 0.3) is 0 Å². The van der Waals surface area contributed by atoms with Crippen LogP contribution in [0.25, 0.3) is 0 Å². The van der Waals surface area contributed by atoms with E-state index in [9.17, 15) is 4.79 Å². The van der Waals surface area contributed by atoms with Crippen LogP contribution in [0.1, 0.15) is 45.2 Å². The van der Waals surface area contributed by atoms with E-state index in [2.05, 4.69) is 6.07 Å². The van der Waals surface area contributed by atoms with Crippen LogP contribution in [-0.2, 0) is 16.1 Å². The van der Waals surface area contributed by atoms with Crippen LogP contribution < -0.4 is 0 Å². The number of nitriles is 1. The molecule has 5 nitrogen and oxygen atoms in total. The largest absolute Gasteiger partial charge is 0.444 e. The van der Waals surface area contributed by atoms with Gasteiger partial charge in [0, 0.05) is 6.54 Å². The molecule has 5 heteroatoms. The van der Waals surface area contributed by atoms with Gasteiger partial charge in [-0.25, -0.2) is 4.79 Å². The molecule has 1 aromatic carbocycles. The number of benzene rings is 1. The molecule has 1 aliphatic rings. The Hall–Kier alpha value is -2.06. The Kier molecular flexibility index (Phi) is 4.96. The van der Waals surface area contributed by atoms with Crippen molar-refractivity contribution in [1.82, 2.24) is 4.90 Å². The van der Waals surface area contributed by atoms with Gasteiger partial charge in [-0.3, -0.25) is 0 Å². The maximum atomic E-state index is 12.1. The van der Waals surface area contributed by atoms with E-state index in [1.807, 2.05) is 45.9 Å². The first-order chi connectivity index (χ1) is 10.7. The number of rotatable bonds is 3. The molecule has 1 saturated heterocycles. The Morgan fingerprint density at radius 2 is 2.09 bits per heavy atom. The smallest absolute Gasteiger partial charge is 0.410 e. The van der Waals surface area contributed by atoms with Crippen molar-refractivity contribution >= 4 is 6.09 Å². The molecule has 0 N–H and O–H groups in total. The molecule has 0 aliphatic carbocycles. The number of ether oxygens (including phenoxy) is 2. The summed E-state index contributed by atoms with van der Waals surface area (Å²) in [6.45, 7) is 9.04. The van der Waals surface area contributed by atoms with Crippen LogP contribution in [0, 0.1) is 11.3 Å². The van der Waals surface area contributed by atoms with Crippen molar-refractivity contribution in [3.05, 3.63) is 35.4 Å². The lowest BCUT2D eigenvalue weighted by Crippen LogP contribution is -2.39. The lowest BCUT2D eigenvalue weighted by molar-refractivity contribution is -0.0375. The second-order valence-electron chi connectivity index (χ2n) is 7.16. The molecule has 2 rings (SSSR count). The van der Waals surface area contributed by atoms with E-state index in [0.29, 0.717) is 25.3 Å². The van der Waals surface area contributed by atoms with Crippen LogP contribution in [0.15, 0.2) is 24.3 Å². The van der Waals surface area contributed by atoms with Gasteiger partial charge >= 0.3 is 6.09 Å². The summed E-state index contributed by atoms with van der Waals surface area (Å²) in [5.41, 5.74) is 0.576. The second-order valence-corrected chi connectivity index (χ2v) is 7.16. The zero-order valence-corrected chi connectivity index (χ0v) is 14.3. The Balaban J connectivity index is 1.94. The molecule has 23 heavy (non-hydrogen) atoms. The second kappa shape index (κ2) is 6.59. The Morgan fingerprint density at radius 1 is 1.39 bits per heavy atom. The Morgan fingerprint density at radius 3 is 2.74 bits per heavy atom. The maximum absolute atomic E-state index is 12.1.